The van der Waals surface area contributed by atoms with Gasteiger partial charge in [0.25, 0.3) is 20.0 Å². The molecular formula is C6H22O5Si5. The van der Waals surface area contributed by atoms with E-state index in [1.807, 2.05) is 0 Å². The van der Waals surface area contributed by atoms with Crippen LogP contribution in [-0.2, 0) is 20.6 Å². The monoisotopic (exact) mass is 314 g/mol. The maximum atomic E-state index is 6.10. The molecule has 0 atom stereocenters. The van der Waals surface area contributed by atoms with E-state index in [1.54, 1.807) is 0 Å². The second-order valence-electron chi connectivity index (χ2n) is 5.13. The van der Waals surface area contributed by atoms with Crippen LogP contribution in [0.4, 0.5) is 0 Å². The Hall–Kier alpha value is 0.884. The van der Waals surface area contributed by atoms with Gasteiger partial charge in [-0.1, -0.05) is 0 Å². The van der Waals surface area contributed by atoms with Gasteiger partial charge >= 0.3 is 25.7 Å². The lowest BCUT2D eigenvalue weighted by Crippen LogP contribution is -2.56. The number of hydrogen-bond donors (Lipinski definition) is 0. The van der Waals surface area contributed by atoms with Crippen LogP contribution in [0.5, 0.6) is 0 Å². The lowest BCUT2D eigenvalue weighted by atomic mass is 11.9. The van der Waals surface area contributed by atoms with Crippen LogP contribution in [-0.4, -0.2) is 45.7 Å². The highest BCUT2D eigenvalue weighted by molar-refractivity contribution is 6.86. The summed E-state index contributed by atoms with van der Waals surface area (Å²) >= 11 is 0. The predicted octanol–water partition coefficient (Wildman–Crippen LogP) is 0.186. The van der Waals surface area contributed by atoms with Gasteiger partial charge < -0.3 is 20.6 Å². The molecule has 0 amide bonds. The Bertz CT molecular complexity index is 223. The van der Waals surface area contributed by atoms with Crippen molar-refractivity contribution in [3.8, 4) is 0 Å². The van der Waals surface area contributed by atoms with E-state index in [0.29, 0.717) is 0 Å². The fourth-order valence-corrected chi connectivity index (χ4v) is 17.9. The maximum absolute atomic E-state index is 6.10. The molecule has 0 N–H and O–H groups in total. The van der Waals surface area contributed by atoms with Gasteiger partial charge in [0.05, 0.1) is 0 Å². The summed E-state index contributed by atoms with van der Waals surface area (Å²) in [5.74, 6) is 0. The lowest BCUT2D eigenvalue weighted by molar-refractivity contribution is 0.274. The number of hydrogen-bond acceptors (Lipinski definition) is 5. The topological polar surface area (TPSA) is 46.2 Å². The zero-order valence-corrected chi connectivity index (χ0v) is 16.8. The van der Waals surface area contributed by atoms with Crippen LogP contribution in [0.2, 0.25) is 39.3 Å². The van der Waals surface area contributed by atoms with E-state index in [2.05, 4.69) is 39.3 Å². The zero-order chi connectivity index (χ0) is 12.4. The first-order chi connectivity index (χ1) is 7.12. The molecule has 0 aromatic rings. The molecule has 1 aliphatic heterocycles. The van der Waals surface area contributed by atoms with E-state index in [4.69, 9.17) is 20.6 Å². The first-order valence-electron chi connectivity index (χ1n) is 5.38. The van der Waals surface area contributed by atoms with Crippen molar-refractivity contribution >= 4 is 45.7 Å². The van der Waals surface area contributed by atoms with Gasteiger partial charge in [0.15, 0.2) is 0 Å². The fraction of sp³-hybridized carbons (Fsp3) is 1.00. The van der Waals surface area contributed by atoms with Crippen molar-refractivity contribution in [2.45, 2.75) is 39.3 Å². The Morgan fingerprint density at radius 3 is 1.38 bits per heavy atom. The third-order valence-corrected chi connectivity index (χ3v) is 17.7. The van der Waals surface area contributed by atoms with Crippen LogP contribution in [0.1, 0.15) is 0 Å². The van der Waals surface area contributed by atoms with Crippen LogP contribution in [0, 0.1) is 0 Å². The Kier molecular flexibility index (Phi) is 4.91. The molecule has 96 valence electrons. The van der Waals surface area contributed by atoms with E-state index in [-0.39, 0.29) is 0 Å². The Morgan fingerprint density at radius 2 is 1.00 bits per heavy atom. The fourth-order valence-electron chi connectivity index (χ4n) is 1.66. The van der Waals surface area contributed by atoms with Crippen LogP contribution >= 0.6 is 0 Å². The van der Waals surface area contributed by atoms with Crippen LogP contribution in [0.15, 0.2) is 0 Å². The molecule has 1 saturated heterocycles. The summed E-state index contributed by atoms with van der Waals surface area (Å²) in [4.78, 5) is 0. The molecule has 0 aromatic carbocycles. The van der Waals surface area contributed by atoms with Crippen molar-refractivity contribution in [1.29, 1.82) is 0 Å². The minimum atomic E-state index is -2.14. The van der Waals surface area contributed by atoms with Crippen molar-refractivity contribution in [1.82, 2.24) is 0 Å². The first kappa shape index (κ1) is 14.9. The summed E-state index contributed by atoms with van der Waals surface area (Å²) in [5.41, 5.74) is 0. The molecule has 5 nitrogen and oxygen atoms in total. The summed E-state index contributed by atoms with van der Waals surface area (Å²) in [7, 11) is -8.11. The molecule has 1 rings (SSSR count). The Labute approximate surface area is 106 Å². The van der Waals surface area contributed by atoms with Crippen LogP contribution < -0.4 is 0 Å². The summed E-state index contributed by atoms with van der Waals surface area (Å²) in [6.45, 7) is 12.4. The van der Waals surface area contributed by atoms with Gasteiger partial charge in [0.2, 0.25) is 0 Å². The molecule has 1 fully saturated rings. The van der Waals surface area contributed by atoms with E-state index >= 15 is 0 Å². The standard InChI is InChI=1S/C6H22O5Si5/c1-14(2)8-12-7-13-9-15(3,4)11-16(5,6)10-14/h12-13H2,1-6H3. The molecule has 10 heteroatoms. The summed E-state index contributed by atoms with van der Waals surface area (Å²) in [6.07, 6.45) is 0. The number of rotatable bonds is 0. The average Bonchev–Trinajstić information content (AvgIpc) is 1.96. The van der Waals surface area contributed by atoms with E-state index < -0.39 is 45.7 Å². The maximum Gasteiger partial charge on any atom is 0.314 e. The highest BCUT2D eigenvalue weighted by Gasteiger charge is 2.42. The van der Waals surface area contributed by atoms with Crippen molar-refractivity contribution in [2.75, 3.05) is 0 Å². The highest BCUT2D eigenvalue weighted by Crippen LogP contribution is 2.22. The van der Waals surface area contributed by atoms with Crippen molar-refractivity contribution < 1.29 is 20.6 Å². The predicted molar refractivity (Wildman–Crippen MR) is 75.0 cm³/mol. The zero-order valence-electron chi connectivity index (χ0n) is 11.0. The van der Waals surface area contributed by atoms with E-state index in [1.165, 1.54) is 0 Å². The Morgan fingerprint density at radius 1 is 0.625 bits per heavy atom. The second kappa shape index (κ2) is 5.25. The van der Waals surface area contributed by atoms with Crippen LogP contribution in [0.25, 0.3) is 0 Å². The van der Waals surface area contributed by atoms with Crippen molar-refractivity contribution in [2.24, 2.45) is 0 Å². The molecular weight excluding hydrogens is 292 g/mol. The average molecular weight is 315 g/mol. The molecule has 1 heterocycles. The minimum absolute atomic E-state index is 0.925. The van der Waals surface area contributed by atoms with Gasteiger partial charge in [0, 0.05) is 0 Å². The molecule has 0 radical (unpaired) electrons. The van der Waals surface area contributed by atoms with Gasteiger partial charge in [-0.05, 0) is 39.3 Å². The first-order valence-corrected chi connectivity index (χ1v) is 16.1. The SMILES string of the molecule is C[Si]1(C)O[SiH2]O[SiH2]O[Si](C)(C)O[Si](C)(C)O1. The Balaban J connectivity index is 2.76. The van der Waals surface area contributed by atoms with Crippen molar-refractivity contribution in [3.05, 3.63) is 0 Å². The summed E-state index contributed by atoms with van der Waals surface area (Å²) in [5, 5.41) is 0. The smallest absolute Gasteiger partial charge is 0.314 e. The van der Waals surface area contributed by atoms with Gasteiger partial charge in [-0.2, -0.15) is 0 Å². The molecule has 1 aliphatic rings. The van der Waals surface area contributed by atoms with Crippen LogP contribution in [0.3, 0.4) is 0 Å². The van der Waals surface area contributed by atoms with Gasteiger partial charge in [-0.3, -0.25) is 0 Å². The van der Waals surface area contributed by atoms with E-state index in [9.17, 15) is 0 Å². The molecule has 0 aromatic heterocycles. The van der Waals surface area contributed by atoms with Crippen molar-refractivity contribution in [3.63, 3.8) is 0 Å². The summed E-state index contributed by atoms with van der Waals surface area (Å²) in [6, 6.07) is 0. The van der Waals surface area contributed by atoms with Gasteiger partial charge in [-0.25, -0.2) is 0 Å². The van der Waals surface area contributed by atoms with Gasteiger partial charge in [-0.15, -0.1) is 0 Å². The minimum Gasteiger partial charge on any atom is -0.425 e. The molecule has 0 spiro atoms. The third kappa shape index (κ3) is 5.48. The largest absolute Gasteiger partial charge is 0.425 e. The highest BCUT2D eigenvalue weighted by atomic mass is 28.5. The lowest BCUT2D eigenvalue weighted by Gasteiger charge is -2.38. The molecule has 0 unspecified atom stereocenters. The molecule has 0 bridgehead atoms. The molecule has 16 heavy (non-hydrogen) atoms. The normalized spacial score (nSPS) is 32.6. The molecule has 0 saturated carbocycles. The third-order valence-electron chi connectivity index (χ3n) is 1.96. The molecule has 0 aliphatic carbocycles. The van der Waals surface area contributed by atoms with E-state index in [0.717, 1.165) is 0 Å². The summed E-state index contributed by atoms with van der Waals surface area (Å²) < 4.78 is 29.2. The quantitative estimate of drug-likeness (QED) is 0.597. The second-order valence-corrected chi connectivity index (χ2v) is 19.6. The van der Waals surface area contributed by atoms with Gasteiger partial charge in [0.1, 0.15) is 0 Å².